The van der Waals surface area contributed by atoms with Crippen LogP contribution in [0.2, 0.25) is 0 Å². The first kappa shape index (κ1) is 46.1. The lowest BCUT2D eigenvalue weighted by Gasteiger charge is -2.40. The molecule has 0 spiro atoms. The number of aromatic nitrogens is 1. The number of morpholine rings is 1. The second-order valence-corrected chi connectivity index (χ2v) is 16.2. The van der Waals surface area contributed by atoms with E-state index < -0.39 is 0 Å². The predicted molar refractivity (Wildman–Crippen MR) is 255 cm³/mol. The first-order valence-corrected chi connectivity index (χ1v) is 22.3. The average molecular weight is 874 g/mol. The van der Waals surface area contributed by atoms with Gasteiger partial charge in [-0.15, -0.1) is 0 Å². The molecule has 2 aliphatic rings. The van der Waals surface area contributed by atoms with Crippen LogP contribution in [0, 0.1) is 25.2 Å². The highest BCUT2D eigenvalue weighted by Gasteiger charge is 2.35. The maximum Gasteiger partial charge on any atom is 0.260 e. The Morgan fingerprint density at radius 1 is 0.815 bits per heavy atom. The molecule has 0 unspecified atom stereocenters. The lowest BCUT2D eigenvalue weighted by molar-refractivity contribution is 0.0193. The van der Waals surface area contributed by atoms with Gasteiger partial charge in [0.05, 0.1) is 50.7 Å². The van der Waals surface area contributed by atoms with Crippen LogP contribution in [0.4, 0.5) is 5.69 Å². The molecule has 11 heteroatoms. The van der Waals surface area contributed by atoms with Gasteiger partial charge in [-0.2, -0.15) is 5.26 Å². The van der Waals surface area contributed by atoms with Gasteiger partial charge in [-0.05, 0) is 96.6 Å². The summed E-state index contributed by atoms with van der Waals surface area (Å²) in [4.78, 5) is 36.5. The third-order valence-corrected chi connectivity index (χ3v) is 12.5. The van der Waals surface area contributed by atoms with E-state index in [9.17, 15) is 5.26 Å². The summed E-state index contributed by atoms with van der Waals surface area (Å²) in [5.41, 5.74) is 8.96. The zero-order valence-corrected chi connectivity index (χ0v) is 38.6. The number of rotatable bonds is 13. The maximum absolute atomic E-state index is 15.2. The molecule has 2 aliphatic heterocycles. The molecule has 3 heterocycles. The van der Waals surface area contributed by atoms with Crippen LogP contribution in [0.5, 0.6) is 17.2 Å². The van der Waals surface area contributed by atoms with Crippen molar-refractivity contribution in [1.82, 2.24) is 14.4 Å². The number of nitrogens with zero attached hydrogens (tertiary/aromatic N) is 5. The molecule has 8 rings (SSSR count). The summed E-state index contributed by atoms with van der Waals surface area (Å²) in [6, 6.07) is 39.1. The van der Waals surface area contributed by atoms with Crippen LogP contribution < -0.4 is 19.1 Å². The van der Waals surface area contributed by atoms with Crippen LogP contribution in [0.3, 0.4) is 0 Å². The van der Waals surface area contributed by atoms with Gasteiger partial charge in [0.25, 0.3) is 11.8 Å². The summed E-state index contributed by atoms with van der Waals surface area (Å²) >= 11 is 0. The number of ether oxygens (including phenoxy) is 4. The average Bonchev–Trinajstić information content (AvgIpc) is 3.65. The van der Waals surface area contributed by atoms with Crippen molar-refractivity contribution in [3.8, 4) is 34.6 Å². The van der Waals surface area contributed by atoms with Crippen molar-refractivity contribution >= 4 is 17.5 Å². The van der Waals surface area contributed by atoms with Gasteiger partial charge in [0, 0.05) is 61.9 Å². The fourth-order valence-electron chi connectivity index (χ4n) is 8.74. The first-order valence-electron chi connectivity index (χ1n) is 22.3. The van der Waals surface area contributed by atoms with E-state index in [0.29, 0.717) is 84.6 Å². The lowest BCUT2D eigenvalue weighted by atomic mass is 9.91. The minimum atomic E-state index is -0.221. The maximum atomic E-state index is 15.2. The van der Waals surface area contributed by atoms with E-state index in [-0.39, 0.29) is 30.0 Å². The largest absolute Gasteiger partial charge is 0.496 e. The van der Waals surface area contributed by atoms with Crippen LogP contribution >= 0.6 is 0 Å². The number of anilines is 1. The standard InChI is InChI=1S/C52H53N5O6.C2H6/c1-35-39(16-11-17-49(35)60-4)31-56(42-18-20-44(21-19-42)63-34-37-12-7-6-8-13-37)51(58)45-28-48(54(3)36(45)2)46-29-50(61-5)41(30-53)27-47(46)52(59)57-32-40-15-10-9-14-38(40)26-43(57)33-55-22-24-62-25-23-55;1-2/h6-21,27-29,43H,22-26,31-34H2,1-5H3;1-2H3/t43-;/m0./s1. The molecule has 0 aliphatic carbocycles. The monoisotopic (exact) mass is 873 g/mol. The molecule has 336 valence electrons. The van der Waals surface area contributed by atoms with Gasteiger partial charge in [0.2, 0.25) is 0 Å². The molecular formula is C54H59N5O6. The van der Waals surface area contributed by atoms with E-state index in [1.807, 2.05) is 129 Å². The molecule has 1 saturated heterocycles. The summed E-state index contributed by atoms with van der Waals surface area (Å²) in [6.45, 7) is 12.6. The zero-order chi connectivity index (χ0) is 46.0. The lowest BCUT2D eigenvalue weighted by Crippen LogP contribution is -2.52. The number of benzene rings is 5. The number of nitriles is 1. The normalized spacial score (nSPS) is 14.6. The van der Waals surface area contributed by atoms with E-state index in [1.54, 1.807) is 24.1 Å². The summed E-state index contributed by atoms with van der Waals surface area (Å²) in [7, 11) is 5.06. The van der Waals surface area contributed by atoms with Gasteiger partial charge in [-0.3, -0.25) is 14.5 Å². The molecule has 1 aromatic heterocycles. The topological polar surface area (TPSA) is 110 Å². The number of carbonyl (C=O) groups excluding carboxylic acids is 2. The number of hydrogen-bond donors (Lipinski definition) is 0. The zero-order valence-electron chi connectivity index (χ0n) is 38.6. The van der Waals surface area contributed by atoms with E-state index in [2.05, 4.69) is 29.2 Å². The Morgan fingerprint density at radius 2 is 1.51 bits per heavy atom. The minimum Gasteiger partial charge on any atom is -0.496 e. The van der Waals surface area contributed by atoms with E-state index in [4.69, 9.17) is 18.9 Å². The molecule has 6 aromatic rings. The Kier molecular flexibility index (Phi) is 15.1. The SMILES string of the molecule is CC.COc1cc(-c2cc(C(=O)N(Cc3cccc(OC)c3C)c3ccc(OCc4ccccc4)cc3)c(C)n2C)c(C(=O)N2Cc3ccccc3C[C@H]2CN2CCOCC2)cc1C#N. The fourth-order valence-corrected chi connectivity index (χ4v) is 8.74. The van der Waals surface area contributed by atoms with Crippen molar-refractivity contribution in [3.63, 3.8) is 0 Å². The molecular weight excluding hydrogens is 815 g/mol. The van der Waals surface area contributed by atoms with Crippen LogP contribution in [-0.2, 0) is 37.9 Å². The van der Waals surface area contributed by atoms with E-state index in [1.165, 1.54) is 12.7 Å². The third-order valence-electron chi connectivity index (χ3n) is 12.5. The summed E-state index contributed by atoms with van der Waals surface area (Å²) in [5.74, 6) is 1.35. The molecule has 1 fully saturated rings. The Labute approximate surface area is 383 Å². The Hall–Kier alpha value is -6.87. The van der Waals surface area contributed by atoms with Crippen molar-refractivity contribution in [2.45, 2.75) is 59.9 Å². The quantitative estimate of drug-likeness (QED) is 0.113. The molecule has 1 atom stereocenters. The number of amides is 2. The number of methoxy groups -OCH3 is 2. The molecule has 0 bridgehead atoms. The highest BCUT2D eigenvalue weighted by molar-refractivity contribution is 6.08. The van der Waals surface area contributed by atoms with Crippen molar-refractivity contribution < 1.29 is 28.5 Å². The summed E-state index contributed by atoms with van der Waals surface area (Å²) in [6.07, 6.45) is 0.709. The molecule has 0 radical (unpaired) electrons. The van der Waals surface area contributed by atoms with Crippen molar-refractivity contribution in [3.05, 3.63) is 165 Å². The Bertz CT molecular complexity index is 2650. The van der Waals surface area contributed by atoms with Gasteiger partial charge in [-0.1, -0.05) is 80.6 Å². The summed E-state index contributed by atoms with van der Waals surface area (Å²) < 4.78 is 25.1. The number of fused-ring (bicyclic) bond motifs is 1. The second kappa shape index (κ2) is 21.2. The van der Waals surface area contributed by atoms with Crippen LogP contribution in [-0.4, -0.2) is 79.3 Å². The van der Waals surface area contributed by atoms with Gasteiger partial charge < -0.3 is 33.3 Å². The Balaban J connectivity index is 0.00000311. The third kappa shape index (κ3) is 10.1. The molecule has 11 nitrogen and oxygen atoms in total. The molecule has 5 aromatic carbocycles. The van der Waals surface area contributed by atoms with Gasteiger partial charge in [0.1, 0.15) is 29.9 Å². The van der Waals surface area contributed by atoms with Crippen molar-refractivity contribution in [1.29, 1.82) is 5.26 Å². The first-order chi connectivity index (χ1) is 31.7. The highest BCUT2D eigenvalue weighted by atomic mass is 16.5. The minimum absolute atomic E-state index is 0.109. The number of hydrogen-bond acceptors (Lipinski definition) is 8. The molecule has 65 heavy (non-hydrogen) atoms. The van der Waals surface area contributed by atoms with Crippen LogP contribution in [0.15, 0.2) is 115 Å². The summed E-state index contributed by atoms with van der Waals surface area (Å²) in [5, 5.41) is 10.3. The highest BCUT2D eigenvalue weighted by Crippen LogP contribution is 2.37. The van der Waals surface area contributed by atoms with Crippen molar-refractivity contribution in [2.75, 3.05) is 52.0 Å². The molecule has 0 N–H and O–H groups in total. The fraction of sp³-hybridized carbons (Fsp3) is 0.315. The van der Waals surface area contributed by atoms with Crippen LogP contribution in [0.25, 0.3) is 11.3 Å². The van der Waals surface area contributed by atoms with Gasteiger partial charge >= 0.3 is 0 Å². The van der Waals surface area contributed by atoms with Gasteiger partial charge in [-0.25, -0.2) is 0 Å². The van der Waals surface area contributed by atoms with E-state index >= 15 is 9.59 Å². The predicted octanol–water partition coefficient (Wildman–Crippen LogP) is 9.55. The van der Waals surface area contributed by atoms with Gasteiger partial charge in [0.15, 0.2) is 0 Å². The molecule has 2 amide bonds. The smallest absolute Gasteiger partial charge is 0.260 e. The number of carbonyl (C=O) groups is 2. The second-order valence-electron chi connectivity index (χ2n) is 16.2. The van der Waals surface area contributed by atoms with Crippen molar-refractivity contribution in [2.24, 2.45) is 7.05 Å². The molecule has 0 saturated carbocycles. The van der Waals surface area contributed by atoms with Crippen LogP contribution in [0.1, 0.15) is 73.6 Å². The Morgan fingerprint density at radius 3 is 2.20 bits per heavy atom. The van der Waals surface area contributed by atoms with E-state index in [0.717, 1.165) is 41.1 Å².